The lowest BCUT2D eigenvalue weighted by Crippen LogP contribution is -2.28. The average molecular weight is 470 g/mol. The van der Waals surface area contributed by atoms with Gasteiger partial charge in [-0.2, -0.15) is 0 Å². The van der Waals surface area contributed by atoms with E-state index in [0.29, 0.717) is 16.9 Å². The summed E-state index contributed by atoms with van der Waals surface area (Å²) in [5.41, 5.74) is 7.31. The van der Waals surface area contributed by atoms with Crippen molar-refractivity contribution >= 4 is 33.1 Å². The lowest BCUT2D eigenvalue weighted by molar-refractivity contribution is 1.15. The van der Waals surface area contributed by atoms with Crippen LogP contribution in [0.3, 0.4) is 0 Å². The minimum atomic E-state index is -0.685. The predicted octanol–water partition coefficient (Wildman–Crippen LogP) is 4.97. The molecule has 7 aromatic rings. The first-order valence-corrected chi connectivity index (χ1v) is 11.4. The zero-order chi connectivity index (χ0) is 24.2. The molecule has 0 bridgehead atoms. The van der Waals surface area contributed by atoms with Crippen LogP contribution in [-0.4, -0.2) is 29.9 Å². The molecule has 0 aliphatic heterocycles. The van der Waals surface area contributed by atoms with Gasteiger partial charge in [-0.1, -0.05) is 36.4 Å². The molecule has 0 atom stereocenters. The molecule has 0 unspecified atom stereocenters. The lowest BCUT2D eigenvalue weighted by Gasteiger charge is -2.00. The van der Waals surface area contributed by atoms with E-state index >= 15 is 0 Å². The van der Waals surface area contributed by atoms with E-state index in [-0.39, 0.29) is 0 Å². The SMILES string of the molecule is O=c1[nH]c2ccc(-c3nc4ccc(-c5nc6ccc(-c7ccccc7)cc6[nH]5)cc4[nH]3)cc2[nH]c1=O. The molecular weight excluding hydrogens is 452 g/mol. The van der Waals surface area contributed by atoms with Crippen LogP contribution < -0.4 is 11.1 Å². The van der Waals surface area contributed by atoms with E-state index in [2.05, 4.69) is 44.2 Å². The maximum Gasteiger partial charge on any atom is 0.314 e. The van der Waals surface area contributed by atoms with Crippen molar-refractivity contribution < 1.29 is 0 Å². The molecule has 4 aromatic carbocycles. The molecule has 0 fully saturated rings. The molecule has 7 rings (SSSR count). The number of benzene rings is 4. The van der Waals surface area contributed by atoms with Crippen LogP contribution in [0.1, 0.15) is 0 Å². The number of nitrogens with one attached hydrogen (secondary N) is 4. The third-order valence-electron chi connectivity index (χ3n) is 6.34. The second kappa shape index (κ2) is 7.64. The van der Waals surface area contributed by atoms with Crippen molar-refractivity contribution in [2.75, 3.05) is 0 Å². The molecule has 3 heterocycles. The largest absolute Gasteiger partial charge is 0.338 e. The van der Waals surface area contributed by atoms with Crippen molar-refractivity contribution in [2.45, 2.75) is 0 Å². The highest BCUT2D eigenvalue weighted by Crippen LogP contribution is 2.29. The molecule has 3 aromatic heterocycles. The first kappa shape index (κ1) is 20.2. The third kappa shape index (κ3) is 3.32. The van der Waals surface area contributed by atoms with Gasteiger partial charge < -0.3 is 19.9 Å². The molecule has 0 amide bonds. The van der Waals surface area contributed by atoms with Crippen molar-refractivity contribution in [3.63, 3.8) is 0 Å². The van der Waals surface area contributed by atoms with Crippen LogP contribution in [-0.2, 0) is 0 Å². The molecule has 0 aliphatic carbocycles. The summed E-state index contributed by atoms with van der Waals surface area (Å²) in [6.45, 7) is 0. The second-order valence-corrected chi connectivity index (χ2v) is 8.67. The van der Waals surface area contributed by atoms with E-state index in [0.717, 1.165) is 50.1 Å². The Balaban J connectivity index is 1.27. The minimum absolute atomic E-state index is 0.537. The van der Waals surface area contributed by atoms with Crippen LogP contribution in [0.5, 0.6) is 0 Å². The first-order valence-electron chi connectivity index (χ1n) is 11.4. The second-order valence-electron chi connectivity index (χ2n) is 8.67. The number of aromatic nitrogens is 6. The fourth-order valence-electron chi connectivity index (χ4n) is 4.51. The number of imidazole rings is 2. The van der Waals surface area contributed by atoms with Crippen molar-refractivity contribution in [3.05, 3.63) is 106 Å². The number of rotatable bonds is 3. The number of H-pyrrole nitrogens is 4. The number of aromatic amines is 4. The van der Waals surface area contributed by atoms with E-state index in [1.54, 1.807) is 12.1 Å². The molecule has 0 saturated heterocycles. The third-order valence-corrected chi connectivity index (χ3v) is 6.34. The van der Waals surface area contributed by atoms with Gasteiger partial charge in [-0.3, -0.25) is 9.59 Å². The molecule has 0 aliphatic rings. The van der Waals surface area contributed by atoms with E-state index in [9.17, 15) is 9.59 Å². The number of hydrogen-bond acceptors (Lipinski definition) is 4. The van der Waals surface area contributed by atoms with Crippen LogP contribution in [0.25, 0.3) is 67.0 Å². The number of nitrogens with zero attached hydrogens (tertiary/aromatic N) is 2. The van der Waals surface area contributed by atoms with E-state index in [4.69, 9.17) is 9.97 Å². The van der Waals surface area contributed by atoms with Gasteiger partial charge in [0.05, 0.1) is 33.1 Å². The van der Waals surface area contributed by atoms with Gasteiger partial charge in [0, 0.05) is 11.1 Å². The molecule has 0 radical (unpaired) electrons. The Bertz CT molecular complexity index is 2050. The standard InChI is InChI=1S/C28H18N6O2/c35-27-28(36)34-24-14-18(8-11-21(24)33-27)26-30-20-10-7-17(13-23(20)32-26)25-29-19-9-6-16(12-22(19)31-25)15-4-2-1-3-5-15/h1-14H,(H,29,31)(H,30,32)(H,33,35)(H,34,36). The summed E-state index contributed by atoms with van der Waals surface area (Å²) < 4.78 is 0. The van der Waals surface area contributed by atoms with Crippen molar-refractivity contribution in [1.29, 1.82) is 0 Å². The fourth-order valence-corrected chi connectivity index (χ4v) is 4.51. The van der Waals surface area contributed by atoms with E-state index in [1.807, 2.05) is 48.5 Å². The van der Waals surface area contributed by atoms with Gasteiger partial charge in [-0.15, -0.1) is 0 Å². The summed E-state index contributed by atoms with van der Waals surface area (Å²) in [7, 11) is 0. The highest BCUT2D eigenvalue weighted by molar-refractivity contribution is 5.88. The Hall–Kier alpha value is -5.24. The molecule has 0 spiro atoms. The molecule has 8 heteroatoms. The summed E-state index contributed by atoms with van der Waals surface area (Å²) >= 11 is 0. The Labute approximate surface area is 202 Å². The summed E-state index contributed by atoms with van der Waals surface area (Å²) in [5, 5.41) is 0. The normalized spacial score (nSPS) is 11.6. The van der Waals surface area contributed by atoms with Crippen LogP contribution in [0.4, 0.5) is 0 Å². The molecule has 8 nitrogen and oxygen atoms in total. The van der Waals surface area contributed by atoms with Gasteiger partial charge in [0.15, 0.2) is 0 Å². The summed E-state index contributed by atoms with van der Waals surface area (Å²) in [5.74, 6) is 1.44. The minimum Gasteiger partial charge on any atom is -0.338 e. The average Bonchev–Trinajstić information content (AvgIpc) is 3.53. The fraction of sp³-hybridized carbons (Fsp3) is 0. The topological polar surface area (TPSA) is 123 Å². The van der Waals surface area contributed by atoms with Crippen LogP contribution in [0.15, 0.2) is 94.5 Å². The van der Waals surface area contributed by atoms with Crippen LogP contribution in [0, 0.1) is 0 Å². The van der Waals surface area contributed by atoms with Gasteiger partial charge >= 0.3 is 11.1 Å². The molecular formula is C28H18N6O2. The van der Waals surface area contributed by atoms with Gasteiger partial charge in [0.25, 0.3) is 0 Å². The molecule has 0 saturated carbocycles. The Kier molecular flexibility index (Phi) is 4.28. The molecule has 172 valence electrons. The van der Waals surface area contributed by atoms with Crippen molar-refractivity contribution in [3.8, 4) is 33.9 Å². The Morgan fingerprint density at radius 1 is 0.444 bits per heavy atom. The zero-order valence-electron chi connectivity index (χ0n) is 18.8. The summed E-state index contributed by atoms with van der Waals surface area (Å²) in [4.78, 5) is 44.8. The Morgan fingerprint density at radius 3 is 1.64 bits per heavy atom. The van der Waals surface area contributed by atoms with Crippen molar-refractivity contribution in [2.24, 2.45) is 0 Å². The monoisotopic (exact) mass is 470 g/mol. The van der Waals surface area contributed by atoms with Gasteiger partial charge in [-0.25, -0.2) is 9.97 Å². The maximum absolute atomic E-state index is 11.7. The van der Waals surface area contributed by atoms with Gasteiger partial charge in [-0.05, 0) is 59.7 Å². The molecule has 4 N–H and O–H groups in total. The highest BCUT2D eigenvalue weighted by Gasteiger charge is 2.11. The summed E-state index contributed by atoms with van der Waals surface area (Å²) in [6, 6.07) is 27.8. The smallest absolute Gasteiger partial charge is 0.314 e. The van der Waals surface area contributed by atoms with Gasteiger partial charge in [0.2, 0.25) is 0 Å². The lowest BCUT2D eigenvalue weighted by atomic mass is 10.1. The van der Waals surface area contributed by atoms with Crippen LogP contribution in [0.2, 0.25) is 0 Å². The molecule has 36 heavy (non-hydrogen) atoms. The van der Waals surface area contributed by atoms with Gasteiger partial charge in [0.1, 0.15) is 11.6 Å². The quantitative estimate of drug-likeness (QED) is 0.272. The van der Waals surface area contributed by atoms with E-state index < -0.39 is 11.1 Å². The summed E-state index contributed by atoms with van der Waals surface area (Å²) in [6.07, 6.45) is 0. The van der Waals surface area contributed by atoms with E-state index in [1.165, 1.54) is 0 Å². The Morgan fingerprint density at radius 2 is 0.972 bits per heavy atom. The predicted molar refractivity (Wildman–Crippen MR) is 141 cm³/mol. The highest BCUT2D eigenvalue weighted by atomic mass is 16.2. The van der Waals surface area contributed by atoms with Crippen LogP contribution >= 0.6 is 0 Å². The number of hydrogen-bond donors (Lipinski definition) is 4. The maximum atomic E-state index is 11.7. The van der Waals surface area contributed by atoms with Crippen molar-refractivity contribution in [1.82, 2.24) is 29.9 Å². The first-order chi connectivity index (χ1) is 17.6. The number of fused-ring (bicyclic) bond motifs is 3. The zero-order valence-corrected chi connectivity index (χ0v) is 18.8.